The lowest BCUT2D eigenvalue weighted by atomic mass is 10.1. The Kier molecular flexibility index (Phi) is 4.50. The zero-order chi connectivity index (χ0) is 15.6. The first-order chi connectivity index (χ1) is 9.86. The van der Waals surface area contributed by atoms with Gasteiger partial charge in [-0.2, -0.15) is 0 Å². The first-order valence-electron chi connectivity index (χ1n) is 5.77. The Hall–Kier alpha value is -2.05. The van der Waals surface area contributed by atoms with Crippen LogP contribution < -0.4 is 11.1 Å². The van der Waals surface area contributed by atoms with E-state index < -0.39 is 11.9 Å². The zero-order valence-corrected chi connectivity index (χ0v) is 12.9. The van der Waals surface area contributed by atoms with E-state index in [4.69, 9.17) is 22.4 Å². The summed E-state index contributed by atoms with van der Waals surface area (Å²) in [6.45, 7) is 0. The first-order valence-corrected chi connectivity index (χ1v) is 6.94. The van der Waals surface area contributed by atoms with Crippen LogP contribution in [0.15, 0.2) is 40.9 Å². The molecule has 0 radical (unpaired) electrons. The van der Waals surface area contributed by atoms with Crippen LogP contribution in [0, 0.1) is 0 Å². The molecular weight excluding hydrogens is 360 g/mol. The van der Waals surface area contributed by atoms with Gasteiger partial charge in [0, 0.05) is 15.7 Å². The summed E-state index contributed by atoms with van der Waals surface area (Å²) in [5.74, 6) is -1.48. The average molecular weight is 370 g/mol. The van der Waals surface area contributed by atoms with Gasteiger partial charge >= 0.3 is 5.97 Å². The van der Waals surface area contributed by atoms with Crippen LogP contribution in [0.2, 0.25) is 5.02 Å². The molecule has 0 unspecified atom stereocenters. The van der Waals surface area contributed by atoms with Gasteiger partial charge in [0.2, 0.25) is 0 Å². The molecule has 0 saturated carbocycles. The average Bonchev–Trinajstić information content (AvgIpc) is 2.39. The van der Waals surface area contributed by atoms with Crippen molar-refractivity contribution in [2.75, 3.05) is 11.1 Å². The molecule has 5 nitrogen and oxygen atoms in total. The van der Waals surface area contributed by atoms with Crippen LogP contribution in [0.4, 0.5) is 11.4 Å². The number of nitrogens with one attached hydrogen (secondary N) is 1. The molecule has 0 heterocycles. The smallest absolute Gasteiger partial charge is 0.335 e. The molecule has 0 aliphatic carbocycles. The molecule has 0 bridgehead atoms. The molecule has 21 heavy (non-hydrogen) atoms. The number of amides is 1. The van der Waals surface area contributed by atoms with Gasteiger partial charge in [0.1, 0.15) is 0 Å². The number of rotatable bonds is 3. The van der Waals surface area contributed by atoms with E-state index in [1.807, 2.05) is 0 Å². The summed E-state index contributed by atoms with van der Waals surface area (Å²) in [5.41, 5.74) is 6.85. The SMILES string of the molecule is Nc1cc(Br)cc(C(=O)Nc2ccc(C(=O)O)cc2Cl)c1. The van der Waals surface area contributed by atoms with E-state index in [1.165, 1.54) is 24.3 Å². The monoisotopic (exact) mass is 368 g/mol. The van der Waals surface area contributed by atoms with E-state index in [2.05, 4.69) is 21.2 Å². The number of carboxylic acids is 1. The lowest BCUT2D eigenvalue weighted by Gasteiger charge is -2.09. The Morgan fingerprint density at radius 2 is 1.86 bits per heavy atom. The summed E-state index contributed by atoms with van der Waals surface area (Å²) in [5, 5.41) is 11.6. The Morgan fingerprint density at radius 1 is 1.14 bits per heavy atom. The van der Waals surface area contributed by atoms with Crippen LogP contribution in [0.25, 0.3) is 0 Å². The topological polar surface area (TPSA) is 92.4 Å². The van der Waals surface area contributed by atoms with Crippen LogP contribution in [0.1, 0.15) is 20.7 Å². The minimum Gasteiger partial charge on any atom is -0.478 e. The van der Waals surface area contributed by atoms with E-state index >= 15 is 0 Å². The fourth-order valence-corrected chi connectivity index (χ4v) is 2.43. The lowest BCUT2D eigenvalue weighted by molar-refractivity contribution is 0.0696. The Balaban J connectivity index is 2.25. The Bertz CT molecular complexity index is 714. The lowest BCUT2D eigenvalue weighted by Crippen LogP contribution is -2.13. The van der Waals surface area contributed by atoms with Crippen molar-refractivity contribution in [2.45, 2.75) is 0 Å². The second-order valence-electron chi connectivity index (χ2n) is 4.23. The molecule has 0 spiro atoms. The van der Waals surface area contributed by atoms with Crippen LogP contribution in [0.5, 0.6) is 0 Å². The summed E-state index contributed by atoms with van der Waals surface area (Å²) < 4.78 is 0.681. The van der Waals surface area contributed by atoms with Crippen molar-refractivity contribution in [3.8, 4) is 0 Å². The van der Waals surface area contributed by atoms with Gasteiger partial charge in [0.05, 0.1) is 16.3 Å². The summed E-state index contributed by atoms with van der Waals surface area (Å²) in [6, 6.07) is 8.88. The second-order valence-corrected chi connectivity index (χ2v) is 5.55. The highest BCUT2D eigenvalue weighted by atomic mass is 79.9. The van der Waals surface area contributed by atoms with E-state index in [1.54, 1.807) is 12.1 Å². The Morgan fingerprint density at radius 3 is 2.43 bits per heavy atom. The normalized spacial score (nSPS) is 10.2. The number of nitrogen functional groups attached to an aromatic ring is 1. The van der Waals surface area contributed by atoms with Gasteiger partial charge in [0.15, 0.2) is 0 Å². The van der Waals surface area contributed by atoms with Gasteiger partial charge < -0.3 is 16.2 Å². The minimum atomic E-state index is -1.09. The number of nitrogens with two attached hydrogens (primary N) is 1. The van der Waals surface area contributed by atoms with Crippen molar-refractivity contribution < 1.29 is 14.7 Å². The Labute approximate surface area is 133 Å². The number of halogens is 2. The number of carbonyl (C=O) groups excluding carboxylic acids is 1. The van der Waals surface area contributed by atoms with Gasteiger partial charge in [-0.3, -0.25) is 4.79 Å². The number of carbonyl (C=O) groups is 2. The molecule has 2 rings (SSSR count). The van der Waals surface area contributed by atoms with Crippen molar-refractivity contribution >= 4 is 50.8 Å². The number of aromatic carboxylic acids is 1. The molecule has 2 aromatic rings. The van der Waals surface area contributed by atoms with E-state index in [-0.39, 0.29) is 10.6 Å². The van der Waals surface area contributed by atoms with Gasteiger partial charge in [-0.05, 0) is 36.4 Å². The van der Waals surface area contributed by atoms with Crippen LogP contribution in [0.3, 0.4) is 0 Å². The van der Waals surface area contributed by atoms with Crippen molar-refractivity contribution in [3.05, 3.63) is 57.0 Å². The summed E-state index contributed by atoms with van der Waals surface area (Å²) >= 11 is 9.21. The van der Waals surface area contributed by atoms with E-state index in [0.717, 1.165) is 0 Å². The first kappa shape index (κ1) is 15.3. The maximum atomic E-state index is 12.1. The van der Waals surface area contributed by atoms with Crippen LogP contribution in [-0.4, -0.2) is 17.0 Å². The molecule has 0 saturated heterocycles. The molecule has 0 aliphatic rings. The number of benzene rings is 2. The highest BCUT2D eigenvalue weighted by molar-refractivity contribution is 9.10. The number of anilines is 2. The summed E-state index contributed by atoms with van der Waals surface area (Å²) in [6.07, 6.45) is 0. The summed E-state index contributed by atoms with van der Waals surface area (Å²) in [7, 11) is 0. The largest absolute Gasteiger partial charge is 0.478 e. The second kappa shape index (κ2) is 6.15. The van der Waals surface area contributed by atoms with Crippen LogP contribution >= 0.6 is 27.5 Å². The van der Waals surface area contributed by atoms with Crippen molar-refractivity contribution in [1.29, 1.82) is 0 Å². The minimum absolute atomic E-state index is 0.0460. The third-order valence-electron chi connectivity index (χ3n) is 2.65. The predicted octanol–water partition coefficient (Wildman–Crippen LogP) is 3.64. The molecule has 0 atom stereocenters. The predicted molar refractivity (Wildman–Crippen MR) is 84.9 cm³/mol. The maximum absolute atomic E-state index is 12.1. The quantitative estimate of drug-likeness (QED) is 0.720. The highest BCUT2D eigenvalue weighted by Gasteiger charge is 2.12. The van der Waals surface area contributed by atoms with Gasteiger partial charge in [-0.1, -0.05) is 27.5 Å². The number of carboxylic acid groups (broad SMARTS) is 1. The molecule has 4 N–H and O–H groups in total. The van der Waals surface area contributed by atoms with Crippen molar-refractivity contribution in [1.82, 2.24) is 0 Å². The fraction of sp³-hybridized carbons (Fsp3) is 0. The fourth-order valence-electron chi connectivity index (χ4n) is 1.69. The van der Waals surface area contributed by atoms with Crippen molar-refractivity contribution in [2.24, 2.45) is 0 Å². The van der Waals surface area contributed by atoms with E-state index in [0.29, 0.717) is 21.4 Å². The number of hydrogen-bond acceptors (Lipinski definition) is 3. The molecule has 2 aromatic carbocycles. The number of hydrogen-bond donors (Lipinski definition) is 3. The van der Waals surface area contributed by atoms with Gasteiger partial charge in [0.25, 0.3) is 5.91 Å². The van der Waals surface area contributed by atoms with E-state index in [9.17, 15) is 9.59 Å². The third kappa shape index (κ3) is 3.74. The molecule has 0 aliphatic heterocycles. The maximum Gasteiger partial charge on any atom is 0.335 e. The highest BCUT2D eigenvalue weighted by Crippen LogP contribution is 2.24. The molecule has 0 aromatic heterocycles. The van der Waals surface area contributed by atoms with Gasteiger partial charge in [-0.15, -0.1) is 0 Å². The van der Waals surface area contributed by atoms with Gasteiger partial charge in [-0.25, -0.2) is 4.79 Å². The van der Waals surface area contributed by atoms with Crippen LogP contribution in [-0.2, 0) is 0 Å². The standard InChI is InChI=1S/C14H10BrClN2O3/c15-9-3-8(4-10(17)6-9)13(19)18-12-2-1-7(14(20)21)5-11(12)16/h1-6H,17H2,(H,18,19)(H,20,21). The van der Waals surface area contributed by atoms with Crippen molar-refractivity contribution in [3.63, 3.8) is 0 Å². The molecule has 7 heteroatoms. The third-order valence-corrected chi connectivity index (χ3v) is 3.42. The zero-order valence-electron chi connectivity index (χ0n) is 10.6. The molecule has 1 amide bonds. The molecular formula is C14H10BrClN2O3. The molecule has 108 valence electrons. The summed E-state index contributed by atoms with van der Waals surface area (Å²) in [4.78, 5) is 22.9. The molecule has 0 fully saturated rings.